The fourth-order valence-electron chi connectivity index (χ4n) is 0. The van der Waals surface area contributed by atoms with Crippen molar-refractivity contribution in [3.05, 3.63) is 0 Å². The minimum absolute atomic E-state index is 0. The third kappa shape index (κ3) is 55.0. The molecular formula is BaNiO4Ti. The van der Waals surface area contributed by atoms with Gasteiger partial charge in [-0.05, 0) is 0 Å². The Morgan fingerprint density at radius 1 is 0.857 bits per heavy atom. The van der Waals surface area contributed by atoms with Gasteiger partial charge in [-0.3, -0.25) is 0 Å². The Morgan fingerprint density at radius 2 is 0.857 bits per heavy atom. The van der Waals surface area contributed by atoms with E-state index in [1.54, 1.807) is 0 Å². The molecular weight excluding hydrogens is 308 g/mol. The van der Waals surface area contributed by atoms with Crippen LogP contribution in [-0.4, -0.2) is 48.9 Å². The standard InChI is InChI=1S/Ba.Ni.4O.Ti/q2*+2;4*-1;. The van der Waals surface area contributed by atoms with Gasteiger partial charge in [0.05, 0.1) is 0 Å². The average molecular weight is 308 g/mol. The van der Waals surface area contributed by atoms with E-state index in [0.717, 1.165) is 0 Å². The molecule has 0 N–H and O–H groups in total. The topological polar surface area (TPSA) is 92.2 Å². The molecule has 7 heteroatoms. The molecule has 0 aliphatic carbocycles. The van der Waals surface area contributed by atoms with Crippen LogP contribution in [0.5, 0.6) is 0 Å². The third-order valence-electron chi connectivity index (χ3n) is 0. The molecule has 0 spiro atoms. The van der Waals surface area contributed by atoms with Crippen LogP contribution in [0.1, 0.15) is 0 Å². The van der Waals surface area contributed by atoms with Crippen molar-refractivity contribution in [1.29, 1.82) is 0 Å². The molecule has 0 saturated carbocycles. The molecule has 40 valence electrons. The normalized spacial score (nSPS) is 8.57. The van der Waals surface area contributed by atoms with Crippen molar-refractivity contribution in [3.8, 4) is 0 Å². The van der Waals surface area contributed by atoms with Crippen molar-refractivity contribution in [3.63, 3.8) is 0 Å². The fourth-order valence-corrected chi connectivity index (χ4v) is 0. The number of hydrogen-bond donors (Lipinski definition) is 0. The van der Waals surface area contributed by atoms with Gasteiger partial charge in [-0.15, -0.1) is 0 Å². The summed E-state index contributed by atoms with van der Waals surface area (Å²) in [5, 5.41) is 0. The van der Waals surface area contributed by atoms with Crippen LogP contribution in [0.25, 0.3) is 0 Å². The van der Waals surface area contributed by atoms with E-state index in [0.29, 0.717) is 0 Å². The molecule has 0 aromatic rings. The van der Waals surface area contributed by atoms with Crippen LogP contribution >= 0.6 is 0 Å². The molecule has 0 unspecified atom stereocenters. The van der Waals surface area contributed by atoms with Gasteiger partial charge in [0, 0.05) is 0 Å². The zero-order valence-corrected chi connectivity index (χ0v) is 10.1. The van der Waals surface area contributed by atoms with E-state index in [9.17, 15) is 0 Å². The van der Waals surface area contributed by atoms with E-state index in [1.807, 2.05) is 0 Å². The van der Waals surface area contributed by atoms with Gasteiger partial charge in [0.1, 0.15) is 0 Å². The maximum atomic E-state index is 8.62. The predicted octanol–water partition coefficient (Wildman–Crippen LogP) is -5.14. The Morgan fingerprint density at radius 3 is 0.857 bits per heavy atom. The zero-order chi connectivity index (χ0) is 4.50. The third-order valence-corrected chi connectivity index (χ3v) is 0. The first-order valence-corrected chi connectivity index (χ1v) is 3.37. The van der Waals surface area contributed by atoms with E-state index in [1.165, 1.54) is 0 Å². The van der Waals surface area contributed by atoms with Crippen molar-refractivity contribution in [2.75, 3.05) is 0 Å². The van der Waals surface area contributed by atoms with Gasteiger partial charge in [-0.1, -0.05) is 0 Å². The first-order chi connectivity index (χ1) is 2.00. The van der Waals surface area contributed by atoms with Crippen molar-refractivity contribution in [1.82, 2.24) is 0 Å². The predicted molar refractivity (Wildman–Crippen MR) is 5.75 cm³/mol. The second-order valence-corrected chi connectivity index (χ2v) is 2.06. The Kier molecular flexibility index (Phi) is 15.7. The van der Waals surface area contributed by atoms with Gasteiger partial charge in [0.25, 0.3) is 0 Å². The molecule has 0 aromatic heterocycles. The summed E-state index contributed by atoms with van der Waals surface area (Å²) in [6, 6.07) is 0. The molecule has 0 radical (unpaired) electrons. The second kappa shape index (κ2) is 6.74. The molecule has 0 aromatic carbocycles. The Labute approximate surface area is 96.2 Å². The second-order valence-electron chi connectivity index (χ2n) is 0.500. The van der Waals surface area contributed by atoms with Crippen molar-refractivity contribution in [2.24, 2.45) is 0 Å². The molecule has 7 heavy (non-hydrogen) atoms. The van der Waals surface area contributed by atoms with Gasteiger partial charge in [0.15, 0.2) is 0 Å². The molecule has 0 atom stereocenters. The average Bonchev–Trinajstić information content (AvgIpc) is 0.722. The van der Waals surface area contributed by atoms with Crippen LogP contribution in [0, 0.1) is 0 Å². The van der Waals surface area contributed by atoms with E-state index in [-0.39, 0.29) is 65.4 Å². The first-order valence-electron chi connectivity index (χ1n) is 0.816. The number of hydrogen-bond acceptors (Lipinski definition) is 4. The van der Waals surface area contributed by atoms with E-state index in [4.69, 9.17) is 14.8 Å². The Hall–Kier alpha value is 2.62. The molecule has 0 amide bonds. The summed E-state index contributed by atoms with van der Waals surface area (Å²) in [7, 11) is 0. The van der Waals surface area contributed by atoms with Gasteiger partial charge < -0.3 is 0 Å². The minimum atomic E-state index is -6.00. The van der Waals surface area contributed by atoms with Gasteiger partial charge in [-0.25, -0.2) is 0 Å². The molecule has 0 fully saturated rings. The van der Waals surface area contributed by atoms with E-state index >= 15 is 0 Å². The summed E-state index contributed by atoms with van der Waals surface area (Å²) in [4.78, 5) is 0. The maximum absolute atomic E-state index is 8.62. The van der Waals surface area contributed by atoms with Gasteiger partial charge >= 0.3 is 98.3 Å². The Bertz CT molecular complexity index is 27.2. The van der Waals surface area contributed by atoms with Crippen LogP contribution < -0.4 is 14.8 Å². The van der Waals surface area contributed by atoms with Crippen LogP contribution in [0.4, 0.5) is 0 Å². The van der Waals surface area contributed by atoms with Crippen LogP contribution in [0.15, 0.2) is 0 Å². The van der Waals surface area contributed by atoms with Crippen molar-refractivity contribution < 1.29 is 49.4 Å². The summed E-state index contributed by atoms with van der Waals surface area (Å²) in [5.41, 5.74) is 0. The zero-order valence-electron chi connectivity index (χ0n) is 3.16. The van der Waals surface area contributed by atoms with Gasteiger partial charge in [0.2, 0.25) is 0 Å². The molecule has 4 nitrogen and oxygen atoms in total. The summed E-state index contributed by atoms with van der Waals surface area (Å²) >= 11 is -6.00. The number of rotatable bonds is 0. The summed E-state index contributed by atoms with van der Waals surface area (Å²) in [5.74, 6) is 0. The summed E-state index contributed by atoms with van der Waals surface area (Å²) in [6.07, 6.45) is 0. The molecule has 0 aliphatic heterocycles. The molecule has 0 rings (SSSR count). The van der Waals surface area contributed by atoms with Crippen LogP contribution in [0.2, 0.25) is 0 Å². The van der Waals surface area contributed by atoms with E-state index < -0.39 is 18.1 Å². The van der Waals surface area contributed by atoms with Gasteiger partial charge in [-0.2, -0.15) is 0 Å². The van der Waals surface area contributed by atoms with Crippen molar-refractivity contribution >= 4 is 48.9 Å². The monoisotopic (exact) mass is 308 g/mol. The molecule has 0 bridgehead atoms. The van der Waals surface area contributed by atoms with Crippen LogP contribution in [-0.2, 0) is 34.6 Å². The molecule has 0 heterocycles. The fraction of sp³-hybridized carbons (Fsp3) is 0. The Balaban J connectivity index is -0.0000000800. The van der Waals surface area contributed by atoms with Crippen LogP contribution in [0.3, 0.4) is 0 Å². The first kappa shape index (κ1) is 16.3. The SMILES string of the molecule is [Ba+2].[Ni+2].[O-][Ti]([O-])([O-])[O-]. The summed E-state index contributed by atoms with van der Waals surface area (Å²) in [6.45, 7) is 0. The van der Waals surface area contributed by atoms with E-state index in [2.05, 4.69) is 0 Å². The molecule has 0 aliphatic rings. The van der Waals surface area contributed by atoms with Crippen molar-refractivity contribution in [2.45, 2.75) is 0 Å². The molecule has 0 saturated heterocycles. The quantitative estimate of drug-likeness (QED) is 0.418. The summed E-state index contributed by atoms with van der Waals surface area (Å²) < 4.78 is 34.5.